The number of aromatic carboxylic acids is 1. The Balaban J connectivity index is 1.67. The third-order valence-electron chi connectivity index (χ3n) is 2.60. The number of hydrogen-bond donors (Lipinski definition) is 1. The smallest absolute Gasteiger partial charge is 0.337 e. The van der Waals surface area contributed by atoms with Gasteiger partial charge in [-0.05, 0) is 42.8 Å². The molecule has 6 heteroatoms. The number of carbonyl (C=O) groups is 1. The Morgan fingerprint density at radius 2 is 2.00 bits per heavy atom. The molecule has 0 amide bonds. The molecule has 0 fully saturated rings. The van der Waals surface area contributed by atoms with Crippen molar-refractivity contribution in [3.8, 4) is 5.75 Å². The van der Waals surface area contributed by atoms with Gasteiger partial charge in [-0.1, -0.05) is 0 Å². The normalized spacial score (nSPS) is 10.3. The van der Waals surface area contributed by atoms with E-state index in [4.69, 9.17) is 9.84 Å². The lowest BCUT2D eigenvalue weighted by molar-refractivity contribution is 0.0696. The van der Waals surface area contributed by atoms with Crippen LogP contribution in [0.4, 0.5) is 4.39 Å². The van der Waals surface area contributed by atoms with E-state index in [9.17, 15) is 9.18 Å². The largest absolute Gasteiger partial charge is 0.494 e. The quantitative estimate of drug-likeness (QED) is 0.627. The van der Waals surface area contributed by atoms with Gasteiger partial charge < -0.3 is 9.84 Å². The number of carboxylic acids is 1. The Morgan fingerprint density at radius 3 is 2.62 bits per heavy atom. The molecule has 0 aliphatic rings. The second-order valence-electron chi connectivity index (χ2n) is 4.19. The number of aromatic nitrogens is 1. The molecular formula is C15H14FNO3S. The molecule has 2 aromatic rings. The molecule has 0 spiro atoms. The fourth-order valence-electron chi connectivity index (χ4n) is 1.55. The predicted octanol–water partition coefficient (Wildman–Crippen LogP) is 3.48. The first kappa shape index (κ1) is 15.3. The fraction of sp³-hybridized carbons (Fsp3) is 0.200. The van der Waals surface area contributed by atoms with E-state index in [0.717, 1.165) is 17.2 Å². The van der Waals surface area contributed by atoms with E-state index >= 15 is 0 Å². The molecule has 0 aliphatic carbocycles. The fourth-order valence-corrected chi connectivity index (χ4v) is 2.31. The Bertz CT molecular complexity index is 587. The molecule has 1 N–H and O–H groups in total. The number of benzene rings is 1. The molecular weight excluding hydrogens is 293 g/mol. The van der Waals surface area contributed by atoms with Crippen LogP contribution in [0.1, 0.15) is 16.8 Å². The van der Waals surface area contributed by atoms with Crippen LogP contribution in [0.2, 0.25) is 0 Å². The van der Waals surface area contributed by atoms with Crippen LogP contribution in [-0.2, 0) is 0 Å². The predicted molar refractivity (Wildman–Crippen MR) is 78.4 cm³/mol. The Morgan fingerprint density at radius 1 is 1.24 bits per heavy atom. The van der Waals surface area contributed by atoms with E-state index in [-0.39, 0.29) is 11.4 Å². The van der Waals surface area contributed by atoms with Crippen LogP contribution in [0.5, 0.6) is 5.75 Å². The first-order chi connectivity index (χ1) is 10.1. The number of rotatable bonds is 7. The van der Waals surface area contributed by atoms with Gasteiger partial charge in [0, 0.05) is 11.9 Å². The van der Waals surface area contributed by atoms with E-state index in [1.165, 1.54) is 36.2 Å². The molecule has 1 heterocycles. The molecule has 0 bridgehead atoms. The highest BCUT2D eigenvalue weighted by atomic mass is 32.2. The summed E-state index contributed by atoms with van der Waals surface area (Å²) >= 11 is 1.53. The zero-order chi connectivity index (χ0) is 15.1. The average Bonchev–Trinajstić information content (AvgIpc) is 2.49. The molecule has 0 unspecified atom stereocenters. The van der Waals surface area contributed by atoms with Crippen molar-refractivity contribution in [2.24, 2.45) is 0 Å². The minimum atomic E-state index is -0.980. The number of hydrogen-bond acceptors (Lipinski definition) is 4. The maximum Gasteiger partial charge on any atom is 0.337 e. The molecule has 0 radical (unpaired) electrons. The molecule has 21 heavy (non-hydrogen) atoms. The first-order valence-corrected chi connectivity index (χ1v) is 7.34. The lowest BCUT2D eigenvalue weighted by Crippen LogP contribution is -1.99. The van der Waals surface area contributed by atoms with Crippen molar-refractivity contribution in [2.75, 3.05) is 12.4 Å². The number of nitrogens with zero attached hydrogens (tertiary/aromatic N) is 1. The molecule has 1 aromatic carbocycles. The molecule has 0 atom stereocenters. The van der Waals surface area contributed by atoms with Crippen LogP contribution in [0.15, 0.2) is 47.6 Å². The van der Waals surface area contributed by atoms with Crippen molar-refractivity contribution in [1.29, 1.82) is 0 Å². The van der Waals surface area contributed by atoms with Gasteiger partial charge in [0.15, 0.2) is 0 Å². The second kappa shape index (κ2) is 7.64. The molecule has 0 saturated carbocycles. The second-order valence-corrected chi connectivity index (χ2v) is 5.31. The van der Waals surface area contributed by atoms with Gasteiger partial charge in [0.25, 0.3) is 0 Å². The van der Waals surface area contributed by atoms with E-state index in [0.29, 0.717) is 12.4 Å². The van der Waals surface area contributed by atoms with Gasteiger partial charge in [-0.3, -0.25) is 0 Å². The van der Waals surface area contributed by atoms with Crippen LogP contribution in [0.3, 0.4) is 0 Å². The monoisotopic (exact) mass is 307 g/mol. The topological polar surface area (TPSA) is 59.4 Å². The lowest BCUT2D eigenvalue weighted by atomic mass is 10.3. The molecule has 0 aliphatic heterocycles. The highest BCUT2D eigenvalue weighted by Gasteiger charge is 2.03. The summed E-state index contributed by atoms with van der Waals surface area (Å²) in [6.07, 6.45) is 2.16. The van der Waals surface area contributed by atoms with Crippen molar-refractivity contribution in [1.82, 2.24) is 4.98 Å². The van der Waals surface area contributed by atoms with E-state index in [1.54, 1.807) is 18.2 Å². The van der Waals surface area contributed by atoms with Gasteiger partial charge >= 0.3 is 5.97 Å². The summed E-state index contributed by atoms with van der Waals surface area (Å²) in [5.74, 6) is 0.187. The number of pyridine rings is 1. The van der Waals surface area contributed by atoms with Crippen molar-refractivity contribution in [3.05, 3.63) is 54.0 Å². The Kier molecular flexibility index (Phi) is 5.57. The third-order valence-corrected chi connectivity index (χ3v) is 3.63. The zero-order valence-electron chi connectivity index (χ0n) is 11.2. The highest BCUT2D eigenvalue weighted by Crippen LogP contribution is 2.17. The van der Waals surface area contributed by atoms with Crippen molar-refractivity contribution in [3.63, 3.8) is 0 Å². The summed E-state index contributed by atoms with van der Waals surface area (Å²) in [5, 5.41) is 9.54. The summed E-state index contributed by atoms with van der Waals surface area (Å²) in [6, 6.07) is 9.13. The van der Waals surface area contributed by atoms with E-state index in [1.807, 2.05) is 0 Å². The summed E-state index contributed by atoms with van der Waals surface area (Å²) in [6.45, 7) is 0.534. The minimum absolute atomic E-state index is 0.180. The van der Waals surface area contributed by atoms with Gasteiger partial charge in [-0.15, -0.1) is 11.8 Å². The first-order valence-electron chi connectivity index (χ1n) is 6.35. The van der Waals surface area contributed by atoms with E-state index < -0.39 is 5.97 Å². The number of ether oxygens (including phenoxy) is 1. The Labute approximate surface area is 126 Å². The lowest BCUT2D eigenvalue weighted by Gasteiger charge is -2.05. The van der Waals surface area contributed by atoms with Gasteiger partial charge in [0.05, 0.1) is 17.2 Å². The summed E-state index contributed by atoms with van der Waals surface area (Å²) < 4.78 is 18.2. The van der Waals surface area contributed by atoms with Crippen LogP contribution in [0, 0.1) is 5.82 Å². The van der Waals surface area contributed by atoms with Crippen LogP contribution in [0.25, 0.3) is 0 Å². The maximum atomic E-state index is 12.7. The van der Waals surface area contributed by atoms with Gasteiger partial charge in [0.1, 0.15) is 11.6 Å². The van der Waals surface area contributed by atoms with Crippen molar-refractivity contribution in [2.45, 2.75) is 11.4 Å². The number of carboxylic acid groups (broad SMARTS) is 1. The molecule has 2 rings (SSSR count). The molecule has 1 aromatic heterocycles. The Hall–Kier alpha value is -2.08. The third kappa shape index (κ3) is 5.07. The van der Waals surface area contributed by atoms with Gasteiger partial charge in [0.2, 0.25) is 0 Å². The van der Waals surface area contributed by atoms with Gasteiger partial charge in [-0.25, -0.2) is 14.2 Å². The van der Waals surface area contributed by atoms with Crippen LogP contribution < -0.4 is 4.74 Å². The van der Waals surface area contributed by atoms with Crippen LogP contribution in [-0.4, -0.2) is 28.4 Å². The minimum Gasteiger partial charge on any atom is -0.494 e. The summed E-state index contributed by atoms with van der Waals surface area (Å²) in [4.78, 5) is 14.7. The number of halogens is 1. The average molecular weight is 307 g/mol. The molecule has 4 nitrogen and oxygen atoms in total. The van der Waals surface area contributed by atoms with Crippen molar-refractivity contribution >= 4 is 17.7 Å². The number of thioether (sulfide) groups is 1. The standard InChI is InChI=1S/C15H14FNO3S/c16-12-3-5-13(6-4-12)20-8-1-9-21-14-7-2-11(10-17-14)15(18)19/h2-7,10H,1,8-9H2,(H,18,19). The van der Waals surface area contributed by atoms with Crippen LogP contribution >= 0.6 is 11.8 Å². The summed E-state index contributed by atoms with van der Waals surface area (Å²) in [5.41, 5.74) is 0.180. The summed E-state index contributed by atoms with van der Waals surface area (Å²) in [7, 11) is 0. The van der Waals surface area contributed by atoms with Crippen molar-refractivity contribution < 1.29 is 19.0 Å². The van der Waals surface area contributed by atoms with Gasteiger partial charge in [-0.2, -0.15) is 0 Å². The SMILES string of the molecule is O=C(O)c1ccc(SCCCOc2ccc(F)cc2)nc1. The zero-order valence-corrected chi connectivity index (χ0v) is 12.0. The highest BCUT2D eigenvalue weighted by molar-refractivity contribution is 7.99. The molecule has 0 saturated heterocycles. The molecule has 110 valence electrons. The maximum absolute atomic E-state index is 12.7. The van der Waals surface area contributed by atoms with E-state index in [2.05, 4.69) is 4.98 Å².